The summed E-state index contributed by atoms with van der Waals surface area (Å²) in [6, 6.07) is 4.12. The molecule has 0 saturated heterocycles. The van der Waals surface area contributed by atoms with Crippen LogP contribution in [-0.2, 0) is 35.4 Å². The van der Waals surface area contributed by atoms with Crippen LogP contribution in [-0.4, -0.2) is 27.2 Å². The second-order valence-electron chi connectivity index (χ2n) is 5.18. The fourth-order valence-corrected chi connectivity index (χ4v) is 2.74. The first kappa shape index (κ1) is 17.5. The summed E-state index contributed by atoms with van der Waals surface area (Å²) in [5, 5.41) is 7.04. The van der Waals surface area contributed by atoms with Crippen LogP contribution < -0.4 is 5.32 Å². The summed E-state index contributed by atoms with van der Waals surface area (Å²) in [5.41, 5.74) is 4.22. The minimum atomic E-state index is -0.136. The molecule has 6 nitrogen and oxygen atoms in total. The lowest BCUT2D eigenvalue weighted by atomic mass is 9.97. The van der Waals surface area contributed by atoms with Crippen molar-refractivity contribution in [3.05, 3.63) is 41.0 Å². The Labute approximate surface area is 141 Å². The van der Waals surface area contributed by atoms with E-state index in [1.807, 2.05) is 6.07 Å². The van der Waals surface area contributed by atoms with E-state index in [2.05, 4.69) is 48.1 Å². The van der Waals surface area contributed by atoms with Crippen LogP contribution in [0.1, 0.15) is 36.4 Å². The molecule has 1 aromatic heterocycles. The summed E-state index contributed by atoms with van der Waals surface area (Å²) in [6.45, 7) is 4.68. The number of anilines is 1. The number of hydrogen-bond donors (Lipinski definition) is 2. The van der Waals surface area contributed by atoms with Gasteiger partial charge in [0.1, 0.15) is 6.33 Å². The Morgan fingerprint density at radius 2 is 2.04 bits per heavy atom. The summed E-state index contributed by atoms with van der Waals surface area (Å²) < 4.78 is 6.55. The second-order valence-corrected chi connectivity index (χ2v) is 5.59. The predicted octanol–water partition coefficient (Wildman–Crippen LogP) is 2.42. The molecule has 0 spiro atoms. The molecule has 0 radical (unpaired) electrons. The number of benzene rings is 1. The molecule has 0 saturated carbocycles. The van der Waals surface area contributed by atoms with Crippen molar-refractivity contribution in [3.63, 3.8) is 0 Å². The molecule has 2 rings (SSSR count). The van der Waals surface area contributed by atoms with Gasteiger partial charge in [-0.25, -0.2) is 4.98 Å². The van der Waals surface area contributed by atoms with Gasteiger partial charge in [0.25, 0.3) is 0 Å². The maximum Gasteiger partial charge on any atom is 0.232 e. The number of ether oxygens (including phenoxy) is 1. The van der Waals surface area contributed by atoms with Gasteiger partial charge in [-0.2, -0.15) is 4.09 Å². The molecule has 0 bridgehead atoms. The maximum atomic E-state index is 12.3. The van der Waals surface area contributed by atoms with Gasteiger partial charge in [0.2, 0.25) is 5.91 Å². The first-order chi connectivity index (χ1) is 11.1. The van der Waals surface area contributed by atoms with Gasteiger partial charge in [-0.1, -0.05) is 26.0 Å². The molecular weight excluding hydrogens is 312 g/mol. The highest BCUT2D eigenvalue weighted by molar-refractivity contribution is 7.78. The van der Waals surface area contributed by atoms with Gasteiger partial charge in [0, 0.05) is 12.8 Å². The van der Waals surface area contributed by atoms with Crippen molar-refractivity contribution in [1.29, 1.82) is 0 Å². The van der Waals surface area contributed by atoms with Crippen LogP contribution in [0.25, 0.3) is 0 Å². The zero-order valence-corrected chi connectivity index (χ0v) is 14.6. The number of aromatic nitrogens is 3. The van der Waals surface area contributed by atoms with Gasteiger partial charge >= 0.3 is 0 Å². The average molecular weight is 334 g/mol. The zero-order chi connectivity index (χ0) is 16.8. The van der Waals surface area contributed by atoms with Gasteiger partial charge in [-0.05, 0) is 42.3 Å². The fourth-order valence-electron chi connectivity index (χ4n) is 2.58. The van der Waals surface area contributed by atoms with Gasteiger partial charge in [-0.15, -0.1) is 5.10 Å². The molecule has 0 fully saturated rings. The topological polar surface area (TPSA) is 69.0 Å². The maximum absolute atomic E-state index is 12.3. The largest absolute Gasteiger partial charge is 0.380 e. The number of nitrogens with one attached hydrogen (secondary N) is 1. The third-order valence-electron chi connectivity index (χ3n) is 3.64. The third-order valence-corrected chi connectivity index (χ3v) is 3.83. The van der Waals surface area contributed by atoms with E-state index in [1.165, 1.54) is 10.4 Å². The number of aryl methyl sites for hydroxylation is 1. The summed E-state index contributed by atoms with van der Waals surface area (Å²) in [4.78, 5) is 16.4. The Balaban J connectivity index is 2.25. The van der Waals surface area contributed by atoms with Crippen molar-refractivity contribution in [2.24, 2.45) is 0 Å². The highest BCUT2D eigenvalue weighted by Crippen LogP contribution is 2.27. The molecule has 1 N–H and O–H groups in total. The van der Waals surface area contributed by atoms with E-state index < -0.39 is 0 Å². The molecule has 0 atom stereocenters. The van der Waals surface area contributed by atoms with Crippen molar-refractivity contribution in [2.45, 2.75) is 39.7 Å². The number of carbonyl (C=O) groups excluding carboxylic acids is 1. The molecule has 2 aromatic rings. The van der Waals surface area contributed by atoms with Crippen molar-refractivity contribution in [3.8, 4) is 0 Å². The van der Waals surface area contributed by atoms with Crippen molar-refractivity contribution < 1.29 is 9.53 Å². The number of methoxy groups -OCH3 is 1. The lowest BCUT2D eigenvalue weighted by Crippen LogP contribution is -2.18. The molecule has 1 aromatic carbocycles. The number of rotatable bonds is 7. The molecular formula is C16H22N4O2S. The van der Waals surface area contributed by atoms with Crippen molar-refractivity contribution in [2.75, 3.05) is 12.4 Å². The summed E-state index contributed by atoms with van der Waals surface area (Å²) in [5.74, 6) is 0.310. The number of hydrogen-bond acceptors (Lipinski definition) is 5. The van der Waals surface area contributed by atoms with Crippen LogP contribution in [0.5, 0.6) is 0 Å². The van der Waals surface area contributed by atoms with Crippen LogP contribution in [0.3, 0.4) is 0 Å². The van der Waals surface area contributed by atoms with E-state index in [-0.39, 0.29) is 12.3 Å². The summed E-state index contributed by atoms with van der Waals surface area (Å²) >= 11 is 4.02. The molecule has 23 heavy (non-hydrogen) atoms. The number of carbonyl (C=O) groups is 1. The normalized spacial score (nSPS) is 10.8. The summed E-state index contributed by atoms with van der Waals surface area (Å²) in [7, 11) is 1.67. The average Bonchev–Trinajstić information content (AvgIpc) is 2.93. The van der Waals surface area contributed by atoms with Crippen LogP contribution in [0, 0.1) is 0 Å². The monoisotopic (exact) mass is 334 g/mol. The van der Waals surface area contributed by atoms with Crippen molar-refractivity contribution >= 4 is 24.4 Å². The van der Waals surface area contributed by atoms with Crippen LogP contribution in [0.15, 0.2) is 18.5 Å². The molecule has 1 amide bonds. The summed E-state index contributed by atoms with van der Waals surface area (Å²) in [6.07, 6.45) is 3.25. The van der Waals surface area contributed by atoms with E-state index in [0.29, 0.717) is 12.4 Å². The SMILES string of the molecule is CCc1ccc(COC)c(CC)c1NC(=O)Cc1ncn(S)n1. The van der Waals surface area contributed by atoms with E-state index >= 15 is 0 Å². The fraction of sp³-hybridized carbons (Fsp3) is 0.438. The predicted molar refractivity (Wildman–Crippen MR) is 92.7 cm³/mol. The van der Waals surface area contributed by atoms with E-state index in [0.717, 1.165) is 35.2 Å². The Kier molecular flexibility index (Phi) is 6.18. The van der Waals surface area contributed by atoms with Crippen LogP contribution in [0.2, 0.25) is 0 Å². The third kappa shape index (κ3) is 4.33. The van der Waals surface area contributed by atoms with Crippen LogP contribution >= 0.6 is 12.8 Å². The van der Waals surface area contributed by atoms with E-state index in [1.54, 1.807) is 7.11 Å². The second kappa shape index (κ2) is 8.12. The molecule has 124 valence electrons. The molecule has 1 heterocycles. The lowest BCUT2D eigenvalue weighted by Gasteiger charge is -2.18. The quantitative estimate of drug-likeness (QED) is 0.763. The highest BCUT2D eigenvalue weighted by Gasteiger charge is 2.15. The number of amides is 1. The molecule has 0 aliphatic rings. The minimum absolute atomic E-state index is 0.119. The van der Waals surface area contributed by atoms with E-state index in [4.69, 9.17) is 4.74 Å². The van der Waals surface area contributed by atoms with Crippen molar-refractivity contribution in [1.82, 2.24) is 14.2 Å². The highest BCUT2D eigenvalue weighted by atomic mass is 32.1. The lowest BCUT2D eigenvalue weighted by molar-refractivity contribution is -0.115. The molecule has 0 aliphatic heterocycles. The zero-order valence-electron chi connectivity index (χ0n) is 13.7. The number of nitrogens with zero attached hydrogens (tertiary/aromatic N) is 3. The Morgan fingerprint density at radius 1 is 1.30 bits per heavy atom. The smallest absolute Gasteiger partial charge is 0.232 e. The van der Waals surface area contributed by atoms with Crippen LogP contribution in [0.4, 0.5) is 5.69 Å². The molecule has 7 heteroatoms. The van der Waals surface area contributed by atoms with Gasteiger partial charge in [-0.3, -0.25) is 4.79 Å². The standard InChI is InChI=1S/C16H22N4O2S/c1-4-11-6-7-12(9-22-3)13(5-2)16(11)18-15(21)8-14-17-10-20(23)19-14/h6-7,10,23H,4-5,8-9H2,1-3H3,(H,18,21). The Morgan fingerprint density at radius 3 is 2.61 bits per heavy atom. The van der Waals surface area contributed by atoms with Gasteiger partial charge in [0.05, 0.1) is 13.0 Å². The number of thiol groups is 1. The molecule has 0 unspecified atom stereocenters. The molecule has 0 aliphatic carbocycles. The first-order valence-corrected chi connectivity index (χ1v) is 8.01. The first-order valence-electron chi connectivity index (χ1n) is 7.61. The minimum Gasteiger partial charge on any atom is -0.380 e. The van der Waals surface area contributed by atoms with E-state index in [9.17, 15) is 4.79 Å². The van der Waals surface area contributed by atoms with Gasteiger partial charge in [0.15, 0.2) is 5.82 Å². The van der Waals surface area contributed by atoms with Gasteiger partial charge < -0.3 is 10.1 Å². The Bertz CT molecular complexity index is 685. The Hall–Kier alpha value is -1.86.